The third-order valence-electron chi connectivity index (χ3n) is 4.87. The molecule has 2 aromatic carbocycles. The van der Waals surface area contributed by atoms with Crippen LogP contribution in [0.1, 0.15) is 24.5 Å². The van der Waals surface area contributed by atoms with Gasteiger partial charge in [0.1, 0.15) is 5.82 Å². The molecule has 0 bridgehead atoms. The molecular formula is C21H27FN4. The molecule has 0 spiro atoms. The van der Waals surface area contributed by atoms with Crippen LogP contribution >= 0.6 is 0 Å². The Bertz CT molecular complexity index is 715. The van der Waals surface area contributed by atoms with Crippen LogP contribution in [-0.4, -0.2) is 36.5 Å². The molecule has 1 fully saturated rings. The molecule has 4 nitrogen and oxygen atoms in total. The van der Waals surface area contributed by atoms with Crippen LogP contribution in [-0.2, 0) is 13.1 Å². The van der Waals surface area contributed by atoms with Crippen molar-refractivity contribution in [3.05, 3.63) is 71.5 Å². The van der Waals surface area contributed by atoms with Gasteiger partial charge in [-0.05, 0) is 36.6 Å². The second-order valence-corrected chi connectivity index (χ2v) is 6.89. The van der Waals surface area contributed by atoms with Gasteiger partial charge in [-0.3, -0.25) is 9.89 Å². The van der Waals surface area contributed by atoms with Crippen molar-refractivity contribution >= 4 is 5.96 Å². The summed E-state index contributed by atoms with van der Waals surface area (Å²) in [6.45, 7) is 4.87. The summed E-state index contributed by atoms with van der Waals surface area (Å²) in [5, 5.41) is 6.83. The number of benzene rings is 2. The predicted molar refractivity (Wildman–Crippen MR) is 104 cm³/mol. The maximum absolute atomic E-state index is 13.0. The van der Waals surface area contributed by atoms with Gasteiger partial charge in [0.25, 0.3) is 0 Å². The van der Waals surface area contributed by atoms with Crippen LogP contribution in [0.4, 0.5) is 4.39 Å². The van der Waals surface area contributed by atoms with E-state index in [9.17, 15) is 4.39 Å². The fraction of sp³-hybridized carbons (Fsp3) is 0.381. The standard InChI is InChI=1S/C21H27FN4/c1-16-12-20(15-26(16)14-18-6-4-3-5-7-18)25-21(23-2)24-13-17-8-10-19(22)11-9-17/h3-11,16,20H,12-15H2,1-2H3,(H2,23,24,25). The third kappa shape index (κ3) is 5.05. The molecule has 0 radical (unpaired) electrons. The summed E-state index contributed by atoms with van der Waals surface area (Å²) in [7, 11) is 1.78. The van der Waals surface area contributed by atoms with Crippen molar-refractivity contribution in [2.45, 2.75) is 38.5 Å². The van der Waals surface area contributed by atoms with Crippen molar-refractivity contribution in [1.29, 1.82) is 0 Å². The smallest absolute Gasteiger partial charge is 0.191 e. The summed E-state index contributed by atoms with van der Waals surface area (Å²) in [6, 6.07) is 18.0. The van der Waals surface area contributed by atoms with Crippen LogP contribution in [0.15, 0.2) is 59.6 Å². The normalized spacial score (nSPS) is 21.0. The van der Waals surface area contributed by atoms with E-state index in [4.69, 9.17) is 0 Å². The van der Waals surface area contributed by atoms with Crippen LogP contribution in [0.3, 0.4) is 0 Å². The summed E-state index contributed by atoms with van der Waals surface area (Å²) < 4.78 is 13.0. The first-order valence-electron chi connectivity index (χ1n) is 9.13. The van der Waals surface area contributed by atoms with Gasteiger partial charge < -0.3 is 10.6 Å². The van der Waals surface area contributed by atoms with Crippen LogP contribution in [0.25, 0.3) is 0 Å². The number of aliphatic imine (C=N–C) groups is 1. The number of nitrogens with zero attached hydrogens (tertiary/aromatic N) is 2. The molecule has 1 aliphatic heterocycles. The van der Waals surface area contributed by atoms with Gasteiger partial charge in [-0.2, -0.15) is 0 Å². The van der Waals surface area contributed by atoms with Gasteiger partial charge in [-0.1, -0.05) is 42.5 Å². The highest BCUT2D eigenvalue weighted by molar-refractivity contribution is 5.80. The Morgan fingerprint density at radius 3 is 2.54 bits per heavy atom. The average molecular weight is 354 g/mol. The zero-order valence-electron chi connectivity index (χ0n) is 15.5. The van der Waals surface area contributed by atoms with Crippen molar-refractivity contribution in [3.63, 3.8) is 0 Å². The maximum Gasteiger partial charge on any atom is 0.191 e. The lowest BCUT2D eigenvalue weighted by atomic mass is 10.2. The van der Waals surface area contributed by atoms with Gasteiger partial charge >= 0.3 is 0 Å². The molecule has 2 atom stereocenters. The SMILES string of the molecule is CN=C(NCc1ccc(F)cc1)NC1CC(C)N(Cc2ccccc2)C1. The molecular weight excluding hydrogens is 327 g/mol. The van der Waals surface area contributed by atoms with Gasteiger partial charge in [-0.15, -0.1) is 0 Å². The van der Waals surface area contributed by atoms with E-state index in [1.54, 1.807) is 19.2 Å². The average Bonchev–Trinajstić information content (AvgIpc) is 3.00. The Morgan fingerprint density at radius 2 is 1.85 bits per heavy atom. The number of likely N-dealkylation sites (tertiary alicyclic amines) is 1. The van der Waals surface area contributed by atoms with Crippen molar-refractivity contribution in [3.8, 4) is 0 Å². The van der Waals surface area contributed by atoms with Crippen molar-refractivity contribution < 1.29 is 4.39 Å². The Labute approximate surface area is 155 Å². The van der Waals surface area contributed by atoms with Crippen LogP contribution < -0.4 is 10.6 Å². The van der Waals surface area contributed by atoms with Crippen molar-refractivity contribution in [2.24, 2.45) is 4.99 Å². The molecule has 0 saturated carbocycles. The number of halogens is 1. The lowest BCUT2D eigenvalue weighted by molar-refractivity contribution is 0.258. The van der Waals surface area contributed by atoms with Crippen molar-refractivity contribution in [1.82, 2.24) is 15.5 Å². The quantitative estimate of drug-likeness (QED) is 0.640. The first-order valence-corrected chi connectivity index (χ1v) is 9.13. The zero-order chi connectivity index (χ0) is 18.4. The van der Waals surface area contributed by atoms with E-state index in [2.05, 4.69) is 57.8 Å². The number of nitrogens with one attached hydrogen (secondary N) is 2. The van der Waals surface area contributed by atoms with Gasteiger partial charge in [0.15, 0.2) is 5.96 Å². The van der Waals surface area contributed by atoms with E-state index in [0.29, 0.717) is 18.6 Å². The van der Waals surface area contributed by atoms with E-state index < -0.39 is 0 Å². The first kappa shape index (κ1) is 18.4. The summed E-state index contributed by atoms with van der Waals surface area (Å²) in [6.07, 6.45) is 1.09. The number of rotatable bonds is 5. The summed E-state index contributed by atoms with van der Waals surface area (Å²) in [5.41, 5.74) is 2.37. The molecule has 2 aromatic rings. The molecule has 0 aromatic heterocycles. The predicted octanol–water partition coefficient (Wildman–Crippen LogP) is 3.15. The van der Waals surface area contributed by atoms with E-state index in [1.807, 2.05) is 0 Å². The van der Waals surface area contributed by atoms with E-state index >= 15 is 0 Å². The topological polar surface area (TPSA) is 39.7 Å². The largest absolute Gasteiger partial charge is 0.352 e. The molecule has 5 heteroatoms. The number of guanidine groups is 1. The molecule has 1 aliphatic rings. The summed E-state index contributed by atoms with van der Waals surface area (Å²) in [4.78, 5) is 6.82. The molecule has 0 aliphatic carbocycles. The fourth-order valence-corrected chi connectivity index (χ4v) is 3.42. The fourth-order valence-electron chi connectivity index (χ4n) is 3.42. The highest BCUT2D eigenvalue weighted by atomic mass is 19.1. The minimum absolute atomic E-state index is 0.213. The summed E-state index contributed by atoms with van der Waals surface area (Å²) in [5.74, 6) is 0.572. The van der Waals surface area contributed by atoms with E-state index in [1.165, 1.54) is 17.7 Å². The van der Waals surface area contributed by atoms with Gasteiger partial charge in [-0.25, -0.2) is 4.39 Å². The maximum atomic E-state index is 13.0. The zero-order valence-corrected chi connectivity index (χ0v) is 15.5. The van der Waals surface area contributed by atoms with Gasteiger partial charge in [0.2, 0.25) is 0 Å². The van der Waals surface area contributed by atoms with Crippen LogP contribution in [0.5, 0.6) is 0 Å². The lowest BCUT2D eigenvalue weighted by Gasteiger charge is -2.21. The molecule has 26 heavy (non-hydrogen) atoms. The van der Waals surface area contributed by atoms with E-state index in [-0.39, 0.29) is 5.82 Å². The molecule has 1 heterocycles. The first-order chi connectivity index (χ1) is 12.6. The number of hydrogen-bond donors (Lipinski definition) is 2. The van der Waals surface area contributed by atoms with Gasteiger partial charge in [0.05, 0.1) is 0 Å². The minimum atomic E-state index is -0.213. The molecule has 138 valence electrons. The molecule has 2 N–H and O–H groups in total. The molecule has 2 unspecified atom stereocenters. The van der Waals surface area contributed by atoms with Gasteiger partial charge in [0, 0.05) is 38.8 Å². The Kier molecular flexibility index (Phi) is 6.23. The lowest BCUT2D eigenvalue weighted by Crippen LogP contribution is -2.44. The highest BCUT2D eigenvalue weighted by Gasteiger charge is 2.29. The monoisotopic (exact) mass is 354 g/mol. The molecule has 3 rings (SSSR count). The Hall–Kier alpha value is -2.40. The summed E-state index contributed by atoms with van der Waals surface area (Å²) >= 11 is 0. The second kappa shape index (κ2) is 8.81. The Morgan fingerprint density at radius 1 is 1.12 bits per heavy atom. The third-order valence-corrected chi connectivity index (χ3v) is 4.87. The minimum Gasteiger partial charge on any atom is -0.352 e. The van der Waals surface area contributed by atoms with Crippen LogP contribution in [0.2, 0.25) is 0 Å². The number of hydrogen-bond acceptors (Lipinski definition) is 2. The molecule has 1 saturated heterocycles. The van der Waals surface area contributed by atoms with Crippen LogP contribution in [0, 0.1) is 5.82 Å². The highest BCUT2D eigenvalue weighted by Crippen LogP contribution is 2.20. The molecule has 0 amide bonds. The van der Waals surface area contributed by atoms with Crippen molar-refractivity contribution in [2.75, 3.05) is 13.6 Å². The Balaban J connectivity index is 1.50. The second-order valence-electron chi connectivity index (χ2n) is 6.89. The van der Waals surface area contributed by atoms with E-state index in [0.717, 1.165) is 31.0 Å².